The smallest absolute Gasteiger partial charge is 0.187 e. The van der Waals surface area contributed by atoms with Crippen molar-refractivity contribution in [2.45, 2.75) is 45.8 Å². The second kappa shape index (κ2) is 13.5. The molecule has 0 unspecified atom stereocenters. The fraction of sp³-hybridized carbons (Fsp3) is 0.846. The van der Waals surface area contributed by atoms with E-state index in [-0.39, 0.29) is 6.29 Å². The van der Waals surface area contributed by atoms with E-state index in [0.717, 1.165) is 25.7 Å². The summed E-state index contributed by atoms with van der Waals surface area (Å²) in [4.78, 5) is 0. The van der Waals surface area contributed by atoms with E-state index in [2.05, 4.69) is 0 Å². The van der Waals surface area contributed by atoms with Crippen molar-refractivity contribution in [1.29, 1.82) is 0 Å². The maximum absolute atomic E-state index is 5.46. The Bertz CT molecular complexity index is 165. The molecule has 0 aliphatic rings. The fourth-order valence-electron chi connectivity index (χ4n) is 1.40. The van der Waals surface area contributed by atoms with Gasteiger partial charge in [0.05, 0.1) is 6.26 Å². The van der Waals surface area contributed by atoms with Crippen molar-refractivity contribution in [2.24, 2.45) is 0 Å². The summed E-state index contributed by atoms with van der Waals surface area (Å²) >= 11 is 0. The van der Waals surface area contributed by atoms with Gasteiger partial charge in [0.25, 0.3) is 0 Å². The van der Waals surface area contributed by atoms with Crippen molar-refractivity contribution in [1.82, 2.24) is 0 Å². The number of ether oxygens (including phenoxy) is 4. The van der Waals surface area contributed by atoms with Crippen molar-refractivity contribution in [3.63, 3.8) is 0 Å². The molecule has 0 aliphatic heterocycles. The summed E-state index contributed by atoms with van der Waals surface area (Å²) in [5.74, 6) is 0. The summed E-state index contributed by atoms with van der Waals surface area (Å²) in [6.45, 7) is 5.70. The molecule has 17 heavy (non-hydrogen) atoms. The molecular formula is C13H26O4. The number of hydrogen-bond donors (Lipinski definition) is 0. The summed E-state index contributed by atoms with van der Waals surface area (Å²) in [7, 11) is 1.61. The number of hydrogen-bond acceptors (Lipinski definition) is 4. The van der Waals surface area contributed by atoms with E-state index < -0.39 is 0 Å². The van der Waals surface area contributed by atoms with Gasteiger partial charge in [0.15, 0.2) is 13.1 Å². The molecule has 0 heterocycles. The number of rotatable bonds is 12. The van der Waals surface area contributed by atoms with Gasteiger partial charge in [-0.15, -0.1) is 0 Å². The average molecular weight is 246 g/mol. The quantitative estimate of drug-likeness (QED) is 0.301. The van der Waals surface area contributed by atoms with Crippen molar-refractivity contribution >= 4 is 0 Å². The molecule has 0 saturated carbocycles. The lowest BCUT2D eigenvalue weighted by atomic mass is 10.2. The standard InChI is InChI=1S/C13H26O4/c1-4-16-13(17-5-2)10-8-6-7-9-11-15-12-14-3/h9,11,13H,4-8,10,12H2,1-3H3. The molecule has 0 radical (unpaired) electrons. The molecule has 0 aliphatic carbocycles. The third-order valence-electron chi connectivity index (χ3n) is 2.14. The summed E-state index contributed by atoms with van der Waals surface area (Å²) in [5.41, 5.74) is 0. The van der Waals surface area contributed by atoms with Gasteiger partial charge < -0.3 is 18.9 Å². The normalized spacial score (nSPS) is 11.5. The van der Waals surface area contributed by atoms with Crippen LogP contribution >= 0.6 is 0 Å². The molecule has 0 aromatic heterocycles. The van der Waals surface area contributed by atoms with E-state index in [1.807, 2.05) is 19.9 Å². The van der Waals surface area contributed by atoms with Gasteiger partial charge in [0, 0.05) is 20.3 Å². The highest BCUT2D eigenvalue weighted by Crippen LogP contribution is 2.08. The maximum atomic E-state index is 5.46. The van der Waals surface area contributed by atoms with Gasteiger partial charge in [0.1, 0.15) is 0 Å². The van der Waals surface area contributed by atoms with E-state index in [9.17, 15) is 0 Å². The lowest BCUT2D eigenvalue weighted by Crippen LogP contribution is -2.17. The Hall–Kier alpha value is -0.580. The SMILES string of the molecule is CCOC(CCCCC=COCOC)OCC. The third kappa shape index (κ3) is 11.7. The van der Waals surface area contributed by atoms with E-state index in [1.165, 1.54) is 0 Å². The zero-order valence-electron chi connectivity index (χ0n) is 11.3. The Balaban J connectivity index is 3.37. The largest absolute Gasteiger partial charge is 0.476 e. The molecule has 0 bridgehead atoms. The van der Waals surface area contributed by atoms with Crippen molar-refractivity contribution in [3.8, 4) is 0 Å². The van der Waals surface area contributed by atoms with Crippen molar-refractivity contribution < 1.29 is 18.9 Å². The van der Waals surface area contributed by atoms with Crippen LogP contribution in [0.5, 0.6) is 0 Å². The predicted octanol–water partition coefficient (Wildman–Crippen LogP) is 3.08. The second-order valence-corrected chi connectivity index (χ2v) is 3.57. The van der Waals surface area contributed by atoms with Gasteiger partial charge >= 0.3 is 0 Å². The first-order valence-corrected chi connectivity index (χ1v) is 6.33. The lowest BCUT2D eigenvalue weighted by molar-refractivity contribution is -0.140. The first kappa shape index (κ1) is 16.4. The molecule has 0 atom stereocenters. The molecule has 0 spiro atoms. The average Bonchev–Trinajstić information content (AvgIpc) is 2.33. The van der Waals surface area contributed by atoms with Crippen molar-refractivity contribution in [3.05, 3.63) is 12.3 Å². The molecule has 102 valence electrons. The van der Waals surface area contributed by atoms with E-state index in [4.69, 9.17) is 18.9 Å². The highest BCUT2D eigenvalue weighted by molar-refractivity contribution is 4.72. The number of unbranched alkanes of at least 4 members (excludes halogenated alkanes) is 2. The van der Waals surface area contributed by atoms with Crippen LogP contribution in [0.2, 0.25) is 0 Å². The molecule has 0 amide bonds. The molecule has 4 heteroatoms. The minimum absolute atomic E-state index is 0.0429. The predicted molar refractivity (Wildman–Crippen MR) is 67.6 cm³/mol. The van der Waals surface area contributed by atoms with Crippen LogP contribution in [-0.2, 0) is 18.9 Å². The van der Waals surface area contributed by atoms with Crippen LogP contribution in [0.3, 0.4) is 0 Å². The summed E-state index contributed by atoms with van der Waals surface area (Å²) in [6.07, 6.45) is 7.83. The third-order valence-corrected chi connectivity index (χ3v) is 2.14. The zero-order valence-corrected chi connectivity index (χ0v) is 11.3. The van der Waals surface area contributed by atoms with Gasteiger partial charge in [-0.3, -0.25) is 0 Å². The van der Waals surface area contributed by atoms with Crippen LogP contribution in [0, 0.1) is 0 Å². The summed E-state index contributed by atoms with van der Waals surface area (Å²) in [5, 5.41) is 0. The molecule has 0 fully saturated rings. The Labute approximate surface area is 105 Å². The molecule has 4 nitrogen and oxygen atoms in total. The minimum atomic E-state index is -0.0429. The maximum Gasteiger partial charge on any atom is 0.187 e. The molecule has 0 saturated heterocycles. The molecule has 0 aromatic rings. The lowest BCUT2D eigenvalue weighted by Gasteiger charge is -2.16. The van der Waals surface area contributed by atoms with Crippen LogP contribution in [0.4, 0.5) is 0 Å². The van der Waals surface area contributed by atoms with Crippen LogP contribution in [-0.4, -0.2) is 33.4 Å². The molecule has 0 N–H and O–H groups in total. The number of methoxy groups -OCH3 is 1. The first-order chi connectivity index (χ1) is 8.35. The van der Waals surface area contributed by atoms with Gasteiger partial charge in [-0.2, -0.15) is 0 Å². The zero-order chi connectivity index (χ0) is 12.8. The Morgan fingerprint density at radius 3 is 2.35 bits per heavy atom. The Morgan fingerprint density at radius 2 is 1.76 bits per heavy atom. The monoisotopic (exact) mass is 246 g/mol. The van der Waals surface area contributed by atoms with Crippen LogP contribution in [0.25, 0.3) is 0 Å². The summed E-state index contributed by atoms with van der Waals surface area (Å²) < 4.78 is 20.7. The van der Waals surface area contributed by atoms with E-state index >= 15 is 0 Å². The minimum Gasteiger partial charge on any atom is -0.476 e. The van der Waals surface area contributed by atoms with E-state index in [0.29, 0.717) is 20.0 Å². The van der Waals surface area contributed by atoms with Crippen LogP contribution < -0.4 is 0 Å². The van der Waals surface area contributed by atoms with E-state index in [1.54, 1.807) is 13.4 Å². The van der Waals surface area contributed by atoms with Gasteiger partial charge in [0.2, 0.25) is 0 Å². The van der Waals surface area contributed by atoms with Crippen LogP contribution in [0.1, 0.15) is 39.5 Å². The van der Waals surface area contributed by atoms with Gasteiger partial charge in [-0.25, -0.2) is 0 Å². The first-order valence-electron chi connectivity index (χ1n) is 6.33. The van der Waals surface area contributed by atoms with Crippen molar-refractivity contribution in [2.75, 3.05) is 27.1 Å². The summed E-state index contributed by atoms with van der Waals surface area (Å²) in [6, 6.07) is 0. The highest BCUT2D eigenvalue weighted by atomic mass is 16.7. The van der Waals surface area contributed by atoms with Gasteiger partial charge in [-0.1, -0.05) is 0 Å². The Kier molecular flexibility index (Phi) is 13.0. The van der Waals surface area contributed by atoms with Crippen LogP contribution in [0.15, 0.2) is 12.3 Å². The topological polar surface area (TPSA) is 36.9 Å². The van der Waals surface area contributed by atoms with Gasteiger partial charge in [-0.05, 0) is 45.6 Å². The number of allylic oxidation sites excluding steroid dienone is 1. The fourth-order valence-corrected chi connectivity index (χ4v) is 1.40. The molecule has 0 aromatic carbocycles. The second-order valence-electron chi connectivity index (χ2n) is 3.57. The molecular weight excluding hydrogens is 220 g/mol. The Morgan fingerprint density at radius 1 is 1.06 bits per heavy atom. The highest BCUT2D eigenvalue weighted by Gasteiger charge is 2.06. The molecule has 0 rings (SSSR count).